The highest BCUT2D eigenvalue weighted by molar-refractivity contribution is 5.99. The fourth-order valence-electron chi connectivity index (χ4n) is 5.12. The molecule has 5 rings (SSSR count). The smallest absolute Gasteiger partial charge is 0.414 e. The van der Waals surface area contributed by atoms with E-state index < -0.39 is 23.6 Å². The molecule has 1 aromatic heterocycles. The number of carbonyl (C=O) groups is 3. The molecule has 11 nitrogen and oxygen atoms in total. The SMILES string of the molecule is COc1ccc2cc(C(=O)NC[C@H]3CN(c4ccc(N5CCN(C(=O)OC(C)(C)C)CC5)c(F)c4)C(=O)O3)c(C)nc2c1. The van der Waals surface area contributed by atoms with Gasteiger partial charge in [0.15, 0.2) is 0 Å². The summed E-state index contributed by atoms with van der Waals surface area (Å²) in [6.07, 6.45) is -1.61. The molecule has 2 aliphatic rings. The van der Waals surface area contributed by atoms with Crippen LogP contribution in [-0.4, -0.2) is 86.1 Å². The van der Waals surface area contributed by atoms with Crippen LogP contribution in [0.4, 0.5) is 25.4 Å². The van der Waals surface area contributed by atoms with E-state index in [4.69, 9.17) is 14.2 Å². The predicted molar refractivity (Wildman–Crippen MR) is 159 cm³/mol. The number of methoxy groups -OCH3 is 1. The van der Waals surface area contributed by atoms with Crippen LogP contribution in [0.1, 0.15) is 36.8 Å². The van der Waals surface area contributed by atoms with Gasteiger partial charge < -0.3 is 29.3 Å². The number of hydrogen-bond acceptors (Lipinski definition) is 8. The van der Waals surface area contributed by atoms with Crippen molar-refractivity contribution in [2.24, 2.45) is 0 Å². The second-order valence-corrected chi connectivity index (χ2v) is 11.6. The van der Waals surface area contributed by atoms with Crippen molar-refractivity contribution in [1.82, 2.24) is 15.2 Å². The number of cyclic esters (lactones) is 1. The Morgan fingerprint density at radius 1 is 1.09 bits per heavy atom. The normalized spacial score (nSPS) is 17.2. The molecule has 2 aromatic carbocycles. The lowest BCUT2D eigenvalue weighted by Crippen LogP contribution is -2.50. The van der Waals surface area contributed by atoms with Crippen LogP contribution in [-0.2, 0) is 9.47 Å². The van der Waals surface area contributed by atoms with Crippen LogP contribution in [0.5, 0.6) is 5.75 Å². The van der Waals surface area contributed by atoms with E-state index in [-0.39, 0.29) is 25.1 Å². The maximum Gasteiger partial charge on any atom is 0.414 e. The number of aromatic nitrogens is 1. The van der Waals surface area contributed by atoms with Gasteiger partial charge in [-0.3, -0.25) is 14.7 Å². The van der Waals surface area contributed by atoms with Crippen LogP contribution in [0.25, 0.3) is 10.9 Å². The zero-order valence-electron chi connectivity index (χ0n) is 25.0. The molecule has 1 atom stereocenters. The Morgan fingerprint density at radius 2 is 1.84 bits per heavy atom. The van der Waals surface area contributed by atoms with Gasteiger partial charge in [-0.25, -0.2) is 14.0 Å². The van der Waals surface area contributed by atoms with E-state index in [9.17, 15) is 14.4 Å². The van der Waals surface area contributed by atoms with Gasteiger partial charge in [-0.15, -0.1) is 0 Å². The molecule has 2 fully saturated rings. The topological polar surface area (TPSA) is 114 Å². The summed E-state index contributed by atoms with van der Waals surface area (Å²) < 4.78 is 31.4. The van der Waals surface area contributed by atoms with E-state index in [1.54, 1.807) is 49.3 Å². The lowest BCUT2D eigenvalue weighted by Gasteiger charge is -2.37. The van der Waals surface area contributed by atoms with Gasteiger partial charge in [-0.2, -0.15) is 0 Å². The fourth-order valence-corrected chi connectivity index (χ4v) is 5.12. The summed E-state index contributed by atoms with van der Waals surface area (Å²) in [5, 5.41) is 3.62. The lowest BCUT2D eigenvalue weighted by atomic mass is 10.1. The number of pyridine rings is 1. The number of hydrogen-bond donors (Lipinski definition) is 1. The summed E-state index contributed by atoms with van der Waals surface area (Å²) >= 11 is 0. The molecular formula is C31H36FN5O6. The molecule has 0 radical (unpaired) electrons. The van der Waals surface area contributed by atoms with Gasteiger partial charge in [0.25, 0.3) is 5.91 Å². The first-order chi connectivity index (χ1) is 20.4. The number of nitrogens with one attached hydrogen (secondary N) is 1. The minimum absolute atomic E-state index is 0.0870. The Kier molecular flexibility index (Phi) is 8.30. The van der Waals surface area contributed by atoms with E-state index in [1.165, 1.54) is 11.0 Å². The van der Waals surface area contributed by atoms with Crippen molar-refractivity contribution in [1.29, 1.82) is 0 Å². The standard InChI is InChI=1S/C31H36FN5O6/c1-19-24(14-20-6-8-22(41-5)16-26(20)34-19)28(38)33-17-23-18-37(30(40)42-23)21-7-9-27(25(32)15-21)35-10-12-36(13-11-35)29(39)43-31(2,3)4/h6-9,14-16,23H,10-13,17-18H2,1-5H3,(H,33,38)/t23-/m0/s1. The third-order valence-corrected chi connectivity index (χ3v) is 7.34. The number of ether oxygens (including phenoxy) is 3. The average Bonchev–Trinajstić information content (AvgIpc) is 3.34. The highest BCUT2D eigenvalue weighted by Crippen LogP contribution is 2.29. The Labute approximate surface area is 249 Å². The third kappa shape index (κ3) is 6.73. The van der Waals surface area contributed by atoms with Crippen molar-refractivity contribution in [3.63, 3.8) is 0 Å². The van der Waals surface area contributed by atoms with Crippen molar-refractivity contribution in [2.75, 3.05) is 56.2 Å². The van der Waals surface area contributed by atoms with Crippen LogP contribution in [0.2, 0.25) is 0 Å². The molecule has 0 unspecified atom stereocenters. The summed E-state index contributed by atoms with van der Waals surface area (Å²) in [5.74, 6) is -0.138. The zero-order valence-corrected chi connectivity index (χ0v) is 25.0. The van der Waals surface area contributed by atoms with E-state index in [0.717, 1.165) is 10.9 Å². The molecule has 1 N–H and O–H groups in total. The molecule has 12 heteroatoms. The quantitative estimate of drug-likeness (QED) is 0.445. The van der Waals surface area contributed by atoms with Crippen molar-refractivity contribution in [3.05, 3.63) is 59.5 Å². The average molecular weight is 594 g/mol. The number of fused-ring (bicyclic) bond motifs is 1. The molecule has 0 saturated carbocycles. The summed E-state index contributed by atoms with van der Waals surface area (Å²) in [5.41, 5.74) is 1.86. The van der Waals surface area contributed by atoms with Crippen molar-refractivity contribution in [2.45, 2.75) is 39.4 Å². The summed E-state index contributed by atoms with van der Waals surface area (Å²) in [6.45, 7) is 9.15. The number of piperazine rings is 1. The maximum absolute atomic E-state index is 15.2. The minimum atomic E-state index is -0.616. The van der Waals surface area contributed by atoms with E-state index in [1.807, 2.05) is 31.7 Å². The monoisotopic (exact) mass is 593 g/mol. The zero-order chi connectivity index (χ0) is 30.9. The highest BCUT2D eigenvalue weighted by atomic mass is 19.1. The molecule has 3 amide bonds. The van der Waals surface area contributed by atoms with E-state index in [2.05, 4.69) is 10.3 Å². The van der Waals surface area contributed by atoms with Gasteiger partial charge in [0.2, 0.25) is 0 Å². The molecule has 3 aromatic rings. The Bertz CT molecular complexity index is 1550. The van der Waals surface area contributed by atoms with Gasteiger partial charge in [0, 0.05) is 37.6 Å². The van der Waals surface area contributed by atoms with Crippen molar-refractivity contribution < 1.29 is 33.0 Å². The first-order valence-corrected chi connectivity index (χ1v) is 14.2. The summed E-state index contributed by atoms with van der Waals surface area (Å²) in [6, 6.07) is 11.8. The number of amides is 3. The van der Waals surface area contributed by atoms with Crippen LogP contribution < -0.4 is 19.9 Å². The number of aryl methyl sites for hydroxylation is 1. The molecular weight excluding hydrogens is 557 g/mol. The third-order valence-electron chi connectivity index (χ3n) is 7.34. The first kappa shape index (κ1) is 29.9. The van der Waals surface area contributed by atoms with Gasteiger partial charge in [-0.05, 0) is 64.1 Å². The molecule has 3 heterocycles. The van der Waals surface area contributed by atoms with Crippen LogP contribution in [0.15, 0.2) is 42.5 Å². The van der Waals surface area contributed by atoms with Crippen LogP contribution in [0.3, 0.4) is 0 Å². The Balaban J connectivity index is 1.17. The first-order valence-electron chi connectivity index (χ1n) is 14.2. The predicted octanol–water partition coefficient (Wildman–Crippen LogP) is 4.50. The summed E-state index contributed by atoms with van der Waals surface area (Å²) in [4.78, 5) is 47.3. The number of rotatable bonds is 6. The molecule has 0 bridgehead atoms. The van der Waals surface area contributed by atoms with E-state index >= 15 is 4.39 Å². The molecule has 2 aliphatic heterocycles. The van der Waals surface area contributed by atoms with Crippen LogP contribution in [0, 0.1) is 12.7 Å². The molecule has 43 heavy (non-hydrogen) atoms. The largest absolute Gasteiger partial charge is 0.497 e. The van der Waals surface area contributed by atoms with Gasteiger partial charge in [0.1, 0.15) is 23.3 Å². The number of anilines is 2. The molecule has 2 saturated heterocycles. The number of nitrogens with zero attached hydrogens (tertiary/aromatic N) is 4. The van der Waals surface area contributed by atoms with E-state index in [0.29, 0.717) is 54.6 Å². The highest BCUT2D eigenvalue weighted by Gasteiger charge is 2.34. The van der Waals surface area contributed by atoms with Gasteiger partial charge in [-0.1, -0.05) is 0 Å². The molecule has 0 spiro atoms. The maximum atomic E-state index is 15.2. The van der Waals surface area contributed by atoms with Crippen molar-refractivity contribution >= 4 is 40.4 Å². The van der Waals surface area contributed by atoms with Gasteiger partial charge in [0.05, 0.1) is 48.3 Å². The lowest BCUT2D eigenvalue weighted by molar-refractivity contribution is 0.0240. The number of benzene rings is 2. The summed E-state index contributed by atoms with van der Waals surface area (Å²) in [7, 11) is 1.58. The fraction of sp³-hybridized carbons (Fsp3) is 0.419. The van der Waals surface area contributed by atoms with Crippen molar-refractivity contribution in [3.8, 4) is 5.75 Å². The molecule has 228 valence electrons. The minimum Gasteiger partial charge on any atom is -0.497 e. The Hall–Kier alpha value is -4.61. The second-order valence-electron chi connectivity index (χ2n) is 11.6. The number of halogens is 1. The van der Waals surface area contributed by atoms with Gasteiger partial charge >= 0.3 is 12.2 Å². The second kappa shape index (κ2) is 11.9. The van der Waals surface area contributed by atoms with Crippen LogP contribution >= 0.6 is 0 Å². The number of carbonyl (C=O) groups excluding carboxylic acids is 3. The molecule has 0 aliphatic carbocycles. The Morgan fingerprint density at radius 3 is 2.51 bits per heavy atom.